The van der Waals surface area contributed by atoms with Crippen molar-refractivity contribution in [2.24, 2.45) is 0 Å². The largest absolute Gasteiger partial charge is 0.379 e. The van der Waals surface area contributed by atoms with Crippen LogP contribution in [0.2, 0.25) is 0 Å². The monoisotopic (exact) mass is 276 g/mol. The lowest BCUT2D eigenvalue weighted by Gasteiger charge is -2.28. The Kier molecular flexibility index (Phi) is 3.82. The molecule has 4 heteroatoms. The summed E-state index contributed by atoms with van der Waals surface area (Å²) in [5.74, 6) is 0. The quantitative estimate of drug-likeness (QED) is 0.825. The topological polar surface area (TPSA) is 15.7 Å². The number of hydrogen-bond donors (Lipinski definition) is 0. The van der Waals surface area contributed by atoms with Gasteiger partial charge in [0.2, 0.25) is 0 Å². The van der Waals surface area contributed by atoms with Gasteiger partial charge in [-0.3, -0.25) is 4.90 Å². The van der Waals surface area contributed by atoms with E-state index in [-0.39, 0.29) is 0 Å². The van der Waals surface area contributed by atoms with E-state index in [2.05, 4.69) is 48.2 Å². The second-order valence-electron chi connectivity index (χ2n) is 5.14. The first-order valence-electron chi connectivity index (χ1n) is 6.74. The molecule has 1 fully saturated rings. The van der Waals surface area contributed by atoms with Crippen molar-refractivity contribution in [1.82, 2.24) is 4.90 Å². The Hall–Kier alpha value is -0.970. The zero-order valence-electron chi connectivity index (χ0n) is 11.6. The molecule has 0 saturated carbocycles. The minimum atomic E-state index is 0.865. The van der Waals surface area contributed by atoms with Gasteiger partial charge in [0, 0.05) is 42.7 Å². The van der Waals surface area contributed by atoms with Crippen molar-refractivity contribution in [1.29, 1.82) is 0 Å². The first-order chi connectivity index (χ1) is 9.22. The van der Waals surface area contributed by atoms with Crippen molar-refractivity contribution in [3.05, 3.63) is 34.9 Å². The average molecular weight is 276 g/mol. The Labute approximate surface area is 119 Å². The summed E-state index contributed by atoms with van der Waals surface area (Å²) >= 11 is 1.87. The minimum Gasteiger partial charge on any atom is -0.379 e. The van der Waals surface area contributed by atoms with Crippen LogP contribution in [0.3, 0.4) is 0 Å². The molecule has 0 bridgehead atoms. The third-order valence-corrected chi connectivity index (χ3v) is 4.53. The van der Waals surface area contributed by atoms with Crippen LogP contribution in [-0.2, 0) is 11.3 Å². The lowest BCUT2D eigenvalue weighted by atomic mass is 10.1. The van der Waals surface area contributed by atoms with E-state index < -0.39 is 0 Å². The summed E-state index contributed by atoms with van der Waals surface area (Å²) in [4.78, 5) is 7.39. The predicted molar refractivity (Wildman–Crippen MR) is 80.6 cm³/mol. The van der Waals surface area contributed by atoms with Crippen LogP contribution in [-0.4, -0.2) is 38.3 Å². The maximum Gasteiger partial charge on any atom is 0.0594 e. The van der Waals surface area contributed by atoms with Crippen LogP contribution in [0.5, 0.6) is 0 Å². The van der Waals surface area contributed by atoms with Crippen LogP contribution >= 0.6 is 11.8 Å². The SMILES string of the molecule is CC1=CN(C)c2ccc(CN3CCOCC3)cc2S1. The lowest BCUT2D eigenvalue weighted by Crippen LogP contribution is -2.35. The van der Waals surface area contributed by atoms with Gasteiger partial charge in [-0.05, 0) is 24.6 Å². The van der Waals surface area contributed by atoms with Gasteiger partial charge < -0.3 is 9.64 Å². The van der Waals surface area contributed by atoms with Crippen molar-refractivity contribution in [3.8, 4) is 0 Å². The fraction of sp³-hybridized carbons (Fsp3) is 0.467. The molecular weight excluding hydrogens is 256 g/mol. The molecule has 19 heavy (non-hydrogen) atoms. The van der Waals surface area contributed by atoms with Gasteiger partial charge in [0.25, 0.3) is 0 Å². The van der Waals surface area contributed by atoms with Gasteiger partial charge in [-0.15, -0.1) is 0 Å². The third-order valence-electron chi connectivity index (χ3n) is 3.56. The molecule has 0 spiro atoms. The highest BCUT2D eigenvalue weighted by atomic mass is 32.2. The van der Waals surface area contributed by atoms with E-state index in [0.717, 1.165) is 32.8 Å². The molecule has 102 valence electrons. The number of morpholine rings is 1. The Bertz CT molecular complexity index is 495. The minimum absolute atomic E-state index is 0.865. The first kappa shape index (κ1) is 13.0. The van der Waals surface area contributed by atoms with E-state index in [0.29, 0.717) is 0 Å². The maximum atomic E-state index is 5.40. The Balaban J connectivity index is 1.76. The zero-order valence-corrected chi connectivity index (χ0v) is 12.4. The maximum absolute atomic E-state index is 5.40. The van der Waals surface area contributed by atoms with Gasteiger partial charge in [0.1, 0.15) is 0 Å². The fourth-order valence-corrected chi connectivity index (χ4v) is 3.67. The summed E-state index contributed by atoms with van der Waals surface area (Å²) in [5, 5.41) is 0. The van der Waals surface area contributed by atoms with Crippen LogP contribution < -0.4 is 4.90 Å². The van der Waals surface area contributed by atoms with E-state index in [1.54, 1.807) is 0 Å². The van der Waals surface area contributed by atoms with Gasteiger partial charge in [-0.25, -0.2) is 0 Å². The second-order valence-corrected chi connectivity index (χ2v) is 6.43. The first-order valence-corrected chi connectivity index (χ1v) is 7.56. The molecule has 1 aromatic rings. The molecule has 2 aliphatic rings. The molecule has 1 saturated heterocycles. The van der Waals surface area contributed by atoms with E-state index in [1.165, 1.54) is 21.1 Å². The van der Waals surface area contributed by atoms with Crippen molar-refractivity contribution < 1.29 is 4.74 Å². The number of fused-ring (bicyclic) bond motifs is 1. The molecule has 1 aromatic carbocycles. The highest BCUT2D eigenvalue weighted by Gasteiger charge is 2.16. The Morgan fingerprint density at radius 1 is 1.26 bits per heavy atom. The van der Waals surface area contributed by atoms with E-state index >= 15 is 0 Å². The number of rotatable bonds is 2. The summed E-state index contributed by atoms with van der Waals surface area (Å²) in [5.41, 5.74) is 2.71. The van der Waals surface area contributed by atoms with Crippen molar-refractivity contribution in [3.63, 3.8) is 0 Å². The molecule has 0 aromatic heterocycles. The second kappa shape index (κ2) is 5.57. The molecule has 2 heterocycles. The normalized spacial score (nSPS) is 20.1. The molecule has 3 rings (SSSR count). The zero-order chi connectivity index (χ0) is 13.2. The van der Waals surface area contributed by atoms with Gasteiger partial charge in [0.15, 0.2) is 0 Å². The van der Waals surface area contributed by atoms with E-state index in [9.17, 15) is 0 Å². The average Bonchev–Trinajstić information content (AvgIpc) is 2.39. The van der Waals surface area contributed by atoms with E-state index in [4.69, 9.17) is 4.74 Å². The van der Waals surface area contributed by atoms with Gasteiger partial charge >= 0.3 is 0 Å². The molecule has 0 N–H and O–H groups in total. The standard InChI is InChI=1S/C15H20N2OS/c1-12-10-16(2)14-4-3-13(9-15(14)19-12)11-17-5-7-18-8-6-17/h3-4,9-10H,5-8,11H2,1-2H3. The predicted octanol–water partition coefficient (Wildman–Crippen LogP) is 2.92. The van der Waals surface area contributed by atoms with Crippen LogP contribution in [0.4, 0.5) is 5.69 Å². The Morgan fingerprint density at radius 3 is 2.84 bits per heavy atom. The molecule has 2 aliphatic heterocycles. The number of nitrogens with zero attached hydrogens (tertiary/aromatic N) is 2. The number of anilines is 1. The number of thioether (sulfide) groups is 1. The Morgan fingerprint density at radius 2 is 2.05 bits per heavy atom. The highest BCUT2D eigenvalue weighted by Crippen LogP contribution is 2.39. The van der Waals surface area contributed by atoms with Crippen LogP contribution in [0.1, 0.15) is 12.5 Å². The van der Waals surface area contributed by atoms with Crippen LogP contribution in [0, 0.1) is 0 Å². The summed E-state index contributed by atoms with van der Waals surface area (Å²) in [7, 11) is 2.11. The van der Waals surface area contributed by atoms with E-state index in [1.807, 2.05) is 11.8 Å². The van der Waals surface area contributed by atoms with Crippen molar-refractivity contribution >= 4 is 17.4 Å². The van der Waals surface area contributed by atoms with Crippen LogP contribution in [0.15, 0.2) is 34.2 Å². The molecule has 3 nitrogen and oxygen atoms in total. The molecule has 0 unspecified atom stereocenters. The van der Waals surface area contributed by atoms with Gasteiger partial charge in [-0.2, -0.15) is 0 Å². The highest BCUT2D eigenvalue weighted by molar-refractivity contribution is 8.03. The molecular formula is C15H20N2OS. The molecule has 0 amide bonds. The number of ether oxygens (including phenoxy) is 1. The van der Waals surface area contributed by atoms with Crippen molar-refractivity contribution in [2.45, 2.75) is 18.4 Å². The van der Waals surface area contributed by atoms with Gasteiger partial charge in [-0.1, -0.05) is 17.8 Å². The summed E-state index contributed by atoms with van der Waals surface area (Å²) in [6, 6.07) is 6.82. The molecule has 0 aliphatic carbocycles. The van der Waals surface area contributed by atoms with Crippen molar-refractivity contribution in [2.75, 3.05) is 38.3 Å². The third kappa shape index (κ3) is 2.96. The van der Waals surface area contributed by atoms with Crippen LogP contribution in [0.25, 0.3) is 0 Å². The smallest absolute Gasteiger partial charge is 0.0594 e. The molecule has 0 radical (unpaired) electrons. The molecule has 0 atom stereocenters. The fourth-order valence-electron chi connectivity index (χ4n) is 2.59. The summed E-state index contributed by atoms with van der Waals surface area (Å²) < 4.78 is 5.40. The number of benzene rings is 1. The number of allylic oxidation sites excluding steroid dienone is 1. The lowest BCUT2D eigenvalue weighted by molar-refractivity contribution is 0.0341. The van der Waals surface area contributed by atoms with Gasteiger partial charge in [0.05, 0.1) is 18.9 Å². The summed E-state index contributed by atoms with van der Waals surface area (Å²) in [6.45, 7) is 7.02. The number of hydrogen-bond acceptors (Lipinski definition) is 4. The summed E-state index contributed by atoms with van der Waals surface area (Å²) in [6.07, 6.45) is 2.19.